The molecule has 0 atom stereocenters. The number of thioether (sulfide) groups is 1. The number of carbonyl (C=O) groups is 2. The Labute approximate surface area is 242 Å². The number of anilines is 2. The van der Waals surface area contributed by atoms with Crippen molar-refractivity contribution in [2.24, 2.45) is 0 Å². The van der Waals surface area contributed by atoms with Crippen LogP contribution in [0.5, 0.6) is 0 Å². The molecule has 0 radical (unpaired) electrons. The fourth-order valence-corrected chi connectivity index (χ4v) is 7.12. The quantitative estimate of drug-likeness (QED) is 0.114. The van der Waals surface area contributed by atoms with E-state index in [4.69, 9.17) is 4.74 Å². The van der Waals surface area contributed by atoms with Crippen molar-refractivity contribution in [3.05, 3.63) is 76.9 Å². The molecule has 2 N–H and O–H groups in total. The van der Waals surface area contributed by atoms with Gasteiger partial charge in [-0.1, -0.05) is 54.2 Å². The molecule has 0 bridgehead atoms. The van der Waals surface area contributed by atoms with Gasteiger partial charge in [0.25, 0.3) is 0 Å². The molecule has 0 saturated carbocycles. The van der Waals surface area contributed by atoms with Gasteiger partial charge in [0.05, 0.1) is 18.7 Å². The zero-order valence-corrected chi connectivity index (χ0v) is 24.2. The highest BCUT2D eigenvalue weighted by Crippen LogP contribution is 2.38. The maximum Gasteiger partial charge on any atom is 0.341 e. The summed E-state index contributed by atoms with van der Waals surface area (Å²) < 4.78 is 7.32. The van der Waals surface area contributed by atoms with E-state index < -0.39 is 0 Å². The second kappa shape index (κ2) is 13.1. The van der Waals surface area contributed by atoms with E-state index in [0.29, 0.717) is 36.0 Å². The van der Waals surface area contributed by atoms with Gasteiger partial charge in [-0.15, -0.1) is 28.1 Å². The molecule has 2 heterocycles. The zero-order valence-electron chi connectivity index (χ0n) is 22.6. The molecule has 1 amide bonds. The number of ether oxygens (including phenoxy) is 1. The molecule has 0 unspecified atom stereocenters. The van der Waals surface area contributed by atoms with E-state index in [1.807, 2.05) is 28.8 Å². The minimum absolute atomic E-state index is 0.135. The summed E-state index contributed by atoms with van der Waals surface area (Å²) in [6, 6.07) is 14.4. The van der Waals surface area contributed by atoms with Crippen LogP contribution in [0.2, 0.25) is 0 Å². The zero-order chi connectivity index (χ0) is 27.9. The first kappa shape index (κ1) is 27.9. The molecule has 5 rings (SSSR count). The number of hydrogen-bond donors (Lipinski definition) is 2. The van der Waals surface area contributed by atoms with E-state index in [-0.39, 0.29) is 18.3 Å². The Morgan fingerprint density at radius 3 is 2.83 bits per heavy atom. The van der Waals surface area contributed by atoms with Crippen LogP contribution in [0, 0.1) is 0 Å². The van der Waals surface area contributed by atoms with E-state index in [1.165, 1.54) is 33.4 Å². The largest absolute Gasteiger partial charge is 0.462 e. The number of nitrogens with one attached hydrogen (secondary N) is 2. The smallest absolute Gasteiger partial charge is 0.341 e. The molecule has 2 aromatic carbocycles. The fourth-order valence-electron chi connectivity index (χ4n) is 4.92. The monoisotopic (exact) mass is 575 g/mol. The van der Waals surface area contributed by atoms with Gasteiger partial charge < -0.3 is 19.9 Å². The average Bonchev–Trinajstić information content (AvgIpc) is 3.52. The van der Waals surface area contributed by atoms with Gasteiger partial charge in [-0.2, -0.15) is 0 Å². The van der Waals surface area contributed by atoms with Gasteiger partial charge in [0.2, 0.25) is 5.91 Å². The first-order chi connectivity index (χ1) is 19.6. The van der Waals surface area contributed by atoms with Crippen molar-refractivity contribution >= 4 is 56.4 Å². The summed E-state index contributed by atoms with van der Waals surface area (Å²) in [5.74, 6) is 0.832. The van der Waals surface area contributed by atoms with E-state index in [0.717, 1.165) is 53.3 Å². The van der Waals surface area contributed by atoms with Crippen LogP contribution in [-0.2, 0) is 35.5 Å². The standard InChI is InChI=1S/C30H33N5O3S2/c1-3-17-35-25(19-31-23-14-9-11-20-10-5-6-12-21(20)23)33-34-30(35)39-18-16-26(36)32-28-27(29(37)38-4-2)22-13-7-8-15-24(22)40-28/h3,5-6,9-12,14,31H,1,4,7-8,13,15-19H2,2H3,(H,32,36). The third kappa shape index (κ3) is 6.23. The van der Waals surface area contributed by atoms with Crippen LogP contribution >= 0.6 is 23.1 Å². The van der Waals surface area contributed by atoms with Crippen LogP contribution < -0.4 is 10.6 Å². The third-order valence-corrected chi connectivity index (χ3v) is 8.97. The number of esters is 1. The lowest BCUT2D eigenvalue weighted by atomic mass is 9.95. The molecular weight excluding hydrogens is 542 g/mol. The maximum absolute atomic E-state index is 12.9. The van der Waals surface area contributed by atoms with Crippen LogP contribution in [0.25, 0.3) is 10.8 Å². The van der Waals surface area contributed by atoms with Crippen LogP contribution in [-0.4, -0.2) is 39.0 Å². The Balaban J connectivity index is 1.21. The van der Waals surface area contributed by atoms with Crippen molar-refractivity contribution in [2.75, 3.05) is 23.0 Å². The normalized spacial score (nSPS) is 12.6. The number of rotatable bonds is 12. The Morgan fingerprint density at radius 1 is 1.15 bits per heavy atom. The van der Waals surface area contributed by atoms with Crippen molar-refractivity contribution in [3.8, 4) is 0 Å². The molecular formula is C30H33N5O3S2. The molecule has 0 saturated heterocycles. The summed E-state index contributed by atoms with van der Waals surface area (Å²) in [4.78, 5) is 26.8. The number of allylic oxidation sites excluding steroid dienone is 1. The molecule has 0 spiro atoms. The molecule has 0 aliphatic heterocycles. The van der Waals surface area contributed by atoms with Gasteiger partial charge in [0.1, 0.15) is 5.00 Å². The Kier molecular flexibility index (Phi) is 9.18. The molecule has 2 aromatic heterocycles. The molecule has 40 heavy (non-hydrogen) atoms. The van der Waals surface area contributed by atoms with Crippen molar-refractivity contribution in [2.45, 2.75) is 57.3 Å². The summed E-state index contributed by atoms with van der Waals surface area (Å²) in [6.07, 6.45) is 6.03. The first-order valence-corrected chi connectivity index (χ1v) is 15.4. The lowest BCUT2D eigenvalue weighted by molar-refractivity contribution is -0.115. The van der Waals surface area contributed by atoms with E-state index in [2.05, 4.69) is 51.7 Å². The Hall–Kier alpha value is -3.63. The van der Waals surface area contributed by atoms with Gasteiger partial charge in [-0.05, 0) is 49.6 Å². The molecule has 8 nitrogen and oxygen atoms in total. The number of thiophene rings is 1. The van der Waals surface area contributed by atoms with Crippen molar-refractivity contribution in [1.29, 1.82) is 0 Å². The Morgan fingerprint density at radius 2 is 1.98 bits per heavy atom. The summed E-state index contributed by atoms with van der Waals surface area (Å²) >= 11 is 2.99. The minimum atomic E-state index is -0.353. The molecule has 1 aliphatic rings. The predicted molar refractivity (Wildman–Crippen MR) is 162 cm³/mol. The van der Waals surface area contributed by atoms with Crippen molar-refractivity contribution < 1.29 is 14.3 Å². The van der Waals surface area contributed by atoms with Crippen LogP contribution in [0.15, 0.2) is 60.3 Å². The number of hydrogen-bond acceptors (Lipinski definition) is 8. The number of amides is 1. The van der Waals surface area contributed by atoms with Gasteiger partial charge >= 0.3 is 5.97 Å². The molecule has 208 valence electrons. The van der Waals surface area contributed by atoms with Gasteiger partial charge in [-0.25, -0.2) is 4.79 Å². The second-order valence-corrected chi connectivity index (χ2v) is 11.6. The third-order valence-electron chi connectivity index (χ3n) is 6.80. The molecule has 4 aromatic rings. The number of benzene rings is 2. The maximum atomic E-state index is 12.9. The highest BCUT2D eigenvalue weighted by molar-refractivity contribution is 7.99. The number of aromatic nitrogens is 3. The summed E-state index contributed by atoms with van der Waals surface area (Å²) in [5, 5.41) is 19.0. The highest BCUT2D eigenvalue weighted by atomic mass is 32.2. The number of carbonyl (C=O) groups excluding carboxylic acids is 2. The van der Waals surface area contributed by atoms with Crippen molar-refractivity contribution in [1.82, 2.24) is 14.8 Å². The highest BCUT2D eigenvalue weighted by Gasteiger charge is 2.27. The molecule has 0 fully saturated rings. The molecule has 1 aliphatic carbocycles. The van der Waals surface area contributed by atoms with Gasteiger partial charge in [0.15, 0.2) is 11.0 Å². The predicted octanol–water partition coefficient (Wildman–Crippen LogP) is 6.47. The van der Waals surface area contributed by atoms with Crippen LogP contribution in [0.3, 0.4) is 0 Å². The van der Waals surface area contributed by atoms with Gasteiger partial charge in [0, 0.05) is 34.7 Å². The van der Waals surface area contributed by atoms with E-state index in [9.17, 15) is 9.59 Å². The van der Waals surface area contributed by atoms with Crippen LogP contribution in [0.1, 0.15) is 52.8 Å². The van der Waals surface area contributed by atoms with E-state index >= 15 is 0 Å². The topological polar surface area (TPSA) is 98.1 Å². The number of nitrogens with zero attached hydrogens (tertiary/aromatic N) is 3. The lowest BCUT2D eigenvalue weighted by Crippen LogP contribution is -2.16. The summed E-state index contributed by atoms with van der Waals surface area (Å²) in [5.41, 5.74) is 2.62. The second-order valence-electron chi connectivity index (χ2n) is 9.46. The average molecular weight is 576 g/mol. The number of fused-ring (bicyclic) bond motifs is 2. The fraction of sp³-hybridized carbons (Fsp3) is 0.333. The SMILES string of the molecule is C=CCn1c(CNc2cccc3ccccc23)nnc1SCCC(=O)Nc1sc2c(c1C(=O)OCC)CCCC2. The summed E-state index contributed by atoms with van der Waals surface area (Å²) in [7, 11) is 0. The molecule has 10 heteroatoms. The lowest BCUT2D eigenvalue weighted by Gasteiger charge is -2.12. The van der Waals surface area contributed by atoms with Crippen LogP contribution in [0.4, 0.5) is 10.7 Å². The number of aryl methyl sites for hydroxylation is 1. The van der Waals surface area contributed by atoms with Crippen molar-refractivity contribution in [3.63, 3.8) is 0 Å². The minimum Gasteiger partial charge on any atom is -0.462 e. The van der Waals surface area contributed by atoms with Gasteiger partial charge in [-0.3, -0.25) is 4.79 Å². The Bertz CT molecular complexity index is 1520. The first-order valence-electron chi connectivity index (χ1n) is 13.6. The van der Waals surface area contributed by atoms with E-state index in [1.54, 1.807) is 6.92 Å². The summed E-state index contributed by atoms with van der Waals surface area (Å²) in [6.45, 7) is 7.06.